The Labute approximate surface area is 113 Å². The van der Waals surface area contributed by atoms with E-state index < -0.39 is 0 Å². The molecule has 1 fully saturated rings. The minimum atomic E-state index is -0.160. The van der Waals surface area contributed by atoms with Crippen LogP contribution in [0.25, 0.3) is 0 Å². The zero-order chi connectivity index (χ0) is 13.7. The lowest BCUT2D eigenvalue weighted by Crippen LogP contribution is -2.50. The number of nitrogens with two attached hydrogens (primary N) is 1. The summed E-state index contributed by atoms with van der Waals surface area (Å²) in [6, 6.07) is 7.02. The average Bonchev–Trinajstić information content (AvgIpc) is 2.36. The second-order valence-corrected chi connectivity index (χ2v) is 4.88. The molecule has 0 saturated heterocycles. The zero-order valence-corrected chi connectivity index (χ0v) is 11.1. The molecule has 1 saturated carbocycles. The number of rotatable bonds is 6. The first-order valence-electron chi connectivity index (χ1n) is 6.44. The summed E-state index contributed by atoms with van der Waals surface area (Å²) in [4.78, 5) is 11.7. The van der Waals surface area contributed by atoms with Crippen LogP contribution in [0.4, 0.5) is 5.69 Å². The van der Waals surface area contributed by atoms with Crippen LogP contribution in [0, 0.1) is 0 Å². The Bertz CT molecular complexity index is 439. The molecule has 3 N–H and O–H groups in total. The van der Waals surface area contributed by atoms with Gasteiger partial charge >= 0.3 is 0 Å². The monoisotopic (exact) mass is 264 g/mol. The highest BCUT2D eigenvalue weighted by atomic mass is 16.5. The fraction of sp³-hybridized carbons (Fsp3) is 0.500. The molecule has 0 aromatic heterocycles. The summed E-state index contributed by atoms with van der Waals surface area (Å²) in [7, 11) is 1.69. The van der Waals surface area contributed by atoms with Crippen LogP contribution in [0.15, 0.2) is 24.3 Å². The molecule has 0 aliphatic heterocycles. The summed E-state index contributed by atoms with van der Waals surface area (Å²) in [5, 5.41) is 2.84. The van der Waals surface area contributed by atoms with E-state index >= 15 is 0 Å². The molecule has 19 heavy (non-hydrogen) atoms. The highest BCUT2D eigenvalue weighted by Crippen LogP contribution is 2.34. The van der Waals surface area contributed by atoms with Gasteiger partial charge in [-0.25, -0.2) is 0 Å². The third-order valence-corrected chi connectivity index (χ3v) is 3.53. The molecule has 1 aromatic rings. The molecule has 0 unspecified atom stereocenters. The van der Waals surface area contributed by atoms with E-state index in [0.717, 1.165) is 19.3 Å². The van der Waals surface area contributed by atoms with Gasteiger partial charge in [0.25, 0.3) is 5.91 Å². The third kappa shape index (κ3) is 3.61. The second-order valence-electron chi connectivity index (χ2n) is 4.88. The Balaban J connectivity index is 1.73. The van der Waals surface area contributed by atoms with Gasteiger partial charge in [-0.05, 0) is 31.4 Å². The highest BCUT2D eigenvalue weighted by molar-refractivity contribution is 5.77. The number of carbonyl (C=O) groups is 1. The second kappa shape index (κ2) is 5.93. The van der Waals surface area contributed by atoms with Crippen molar-refractivity contribution >= 4 is 11.6 Å². The SMILES string of the molecule is COC1(CNC(=O)COc2cccc(N)c2)CCC1. The normalized spacial score (nSPS) is 16.5. The van der Waals surface area contributed by atoms with E-state index in [0.29, 0.717) is 18.0 Å². The first-order chi connectivity index (χ1) is 9.13. The van der Waals surface area contributed by atoms with Crippen molar-refractivity contribution in [1.82, 2.24) is 5.32 Å². The van der Waals surface area contributed by atoms with Crippen LogP contribution >= 0.6 is 0 Å². The van der Waals surface area contributed by atoms with Crippen LogP contribution in [-0.4, -0.2) is 31.8 Å². The number of methoxy groups -OCH3 is 1. The van der Waals surface area contributed by atoms with Gasteiger partial charge in [-0.3, -0.25) is 4.79 Å². The maximum absolute atomic E-state index is 11.7. The van der Waals surface area contributed by atoms with Crippen molar-refractivity contribution < 1.29 is 14.3 Å². The molecule has 5 heteroatoms. The molecule has 0 spiro atoms. The van der Waals surface area contributed by atoms with E-state index in [1.807, 2.05) is 0 Å². The Morgan fingerprint density at radius 2 is 2.26 bits per heavy atom. The number of nitrogen functional groups attached to an aromatic ring is 1. The van der Waals surface area contributed by atoms with E-state index in [4.69, 9.17) is 15.2 Å². The Morgan fingerprint density at radius 1 is 1.47 bits per heavy atom. The lowest BCUT2D eigenvalue weighted by atomic mass is 9.80. The summed E-state index contributed by atoms with van der Waals surface area (Å²) in [6.45, 7) is 0.534. The summed E-state index contributed by atoms with van der Waals surface area (Å²) in [5.41, 5.74) is 6.08. The molecular formula is C14H20N2O3. The summed E-state index contributed by atoms with van der Waals surface area (Å²) in [6.07, 6.45) is 3.16. The summed E-state index contributed by atoms with van der Waals surface area (Å²) in [5.74, 6) is 0.450. The zero-order valence-electron chi connectivity index (χ0n) is 11.1. The van der Waals surface area contributed by atoms with Crippen molar-refractivity contribution in [1.29, 1.82) is 0 Å². The lowest BCUT2D eigenvalue weighted by Gasteiger charge is -2.40. The summed E-state index contributed by atoms with van der Waals surface area (Å²) < 4.78 is 10.8. The highest BCUT2D eigenvalue weighted by Gasteiger charge is 2.37. The Hall–Kier alpha value is -1.75. The van der Waals surface area contributed by atoms with Gasteiger partial charge in [0.15, 0.2) is 6.61 Å². The molecule has 0 heterocycles. The van der Waals surface area contributed by atoms with Crippen LogP contribution in [0.1, 0.15) is 19.3 Å². The first-order valence-corrected chi connectivity index (χ1v) is 6.44. The molecule has 1 aliphatic carbocycles. The minimum Gasteiger partial charge on any atom is -0.484 e. The topological polar surface area (TPSA) is 73.6 Å². The molecular weight excluding hydrogens is 244 g/mol. The van der Waals surface area contributed by atoms with E-state index in [1.54, 1.807) is 31.4 Å². The molecule has 0 radical (unpaired) electrons. The van der Waals surface area contributed by atoms with Crippen LogP contribution in [0.2, 0.25) is 0 Å². The quantitative estimate of drug-likeness (QED) is 0.760. The third-order valence-electron chi connectivity index (χ3n) is 3.53. The largest absolute Gasteiger partial charge is 0.484 e. The number of hydrogen-bond acceptors (Lipinski definition) is 4. The molecule has 1 aliphatic rings. The molecule has 1 aromatic carbocycles. The van der Waals surface area contributed by atoms with Gasteiger partial charge < -0.3 is 20.5 Å². The predicted molar refractivity (Wildman–Crippen MR) is 73.0 cm³/mol. The Kier molecular flexibility index (Phi) is 4.27. The van der Waals surface area contributed by atoms with E-state index in [1.165, 1.54) is 0 Å². The molecule has 0 bridgehead atoms. The van der Waals surface area contributed by atoms with Crippen molar-refractivity contribution in [3.8, 4) is 5.75 Å². The molecule has 2 rings (SSSR count). The van der Waals surface area contributed by atoms with Crippen LogP contribution in [0.3, 0.4) is 0 Å². The van der Waals surface area contributed by atoms with Gasteiger partial charge in [0.05, 0.1) is 5.60 Å². The van der Waals surface area contributed by atoms with Gasteiger partial charge in [0, 0.05) is 25.4 Å². The van der Waals surface area contributed by atoms with E-state index in [-0.39, 0.29) is 18.1 Å². The average molecular weight is 264 g/mol. The molecule has 0 atom stereocenters. The maximum atomic E-state index is 11.7. The number of hydrogen-bond donors (Lipinski definition) is 2. The van der Waals surface area contributed by atoms with E-state index in [9.17, 15) is 4.79 Å². The number of nitrogens with one attached hydrogen (secondary N) is 1. The van der Waals surface area contributed by atoms with Crippen LogP contribution in [0.5, 0.6) is 5.75 Å². The fourth-order valence-corrected chi connectivity index (χ4v) is 2.09. The number of benzene rings is 1. The Morgan fingerprint density at radius 3 is 2.84 bits per heavy atom. The standard InChI is InChI=1S/C14H20N2O3/c1-18-14(6-3-7-14)10-16-13(17)9-19-12-5-2-4-11(15)8-12/h2,4-5,8H,3,6-7,9-10,15H2,1H3,(H,16,17). The van der Waals surface area contributed by atoms with Crippen LogP contribution < -0.4 is 15.8 Å². The molecule has 104 valence electrons. The number of amides is 1. The number of ether oxygens (including phenoxy) is 2. The fourth-order valence-electron chi connectivity index (χ4n) is 2.09. The van der Waals surface area contributed by atoms with Gasteiger partial charge in [-0.15, -0.1) is 0 Å². The van der Waals surface area contributed by atoms with Gasteiger partial charge in [0.1, 0.15) is 5.75 Å². The first kappa shape index (κ1) is 13.7. The van der Waals surface area contributed by atoms with Gasteiger partial charge in [-0.2, -0.15) is 0 Å². The minimum absolute atomic E-state index is 0.0107. The van der Waals surface area contributed by atoms with Crippen LogP contribution in [-0.2, 0) is 9.53 Å². The number of carbonyl (C=O) groups excluding carboxylic acids is 1. The van der Waals surface area contributed by atoms with Gasteiger partial charge in [-0.1, -0.05) is 6.07 Å². The lowest BCUT2D eigenvalue weighted by molar-refractivity contribution is -0.126. The maximum Gasteiger partial charge on any atom is 0.258 e. The van der Waals surface area contributed by atoms with Crippen molar-refractivity contribution in [3.63, 3.8) is 0 Å². The van der Waals surface area contributed by atoms with Crippen molar-refractivity contribution in [2.24, 2.45) is 0 Å². The predicted octanol–water partition coefficient (Wildman–Crippen LogP) is 1.33. The summed E-state index contributed by atoms with van der Waals surface area (Å²) >= 11 is 0. The molecule has 5 nitrogen and oxygen atoms in total. The van der Waals surface area contributed by atoms with Crippen molar-refractivity contribution in [2.75, 3.05) is 26.0 Å². The molecule has 1 amide bonds. The smallest absolute Gasteiger partial charge is 0.258 e. The van der Waals surface area contributed by atoms with E-state index in [2.05, 4.69) is 5.32 Å². The van der Waals surface area contributed by atoms with Crippen molar-refractivity contribution in [3.05, 3.63) is 24.3 Å². The number of anilines is 1. The van der Waals surface area contributed by atoms with Crippen molar-refractivity contribution in [2.45, 2.75) is 24.9 Å². The van der Waals surface area contributed by atoms with Gasteiger partial charge in [0.2, 0.25) is 0 Å².